The van der Waals surface area contributed by atoms with E-state index < -0.39 is 0 Å². The maximum absolute atomic E-state index is 4.61. The smallest absolute Gasteiger partial charge is 0.162 e. The minimum Gasteiger partial charge on any atom is -0.370 e. The molecule has 0 radical (unpaired) electrons. The van der Waals surface area contributed by atoms with Crippen molar-refractivity contribution in [2.75, 3.05) is 11.9 Å². The Morgan fingerprint density at radius 1 is 1.21 bits per heavy atom. The Morgan fingerprint density at radius 3 is 2.74 bits per heavy atom. The highest BCUT2D eigenvalue weighted by Crippen LogP contribution is 2.21. The zero-order chi connectivity index (χ0) is 13.7. The van der Waals surface area contributed by atoms with Gasteiger partial charge < -0.3 is 5.32 Å². The van der Waals surface area contributed by atoms with Gasteiger partial charge >= 0.3 is 0 Å². The van der Waals surface area contributed by atoms with Crippen LogP contribution in [0.3, 0.4) is 0 Å². The first kappa shape index (κ1) is 13.5. The molecule has 2 aromatic rings. The Hall–Kier alpha value is -1.97. The number of pyridine rings is 1. The average Bonchev–Trinajstić information content (AvgIpc) is 2.45. The monoisotopic (exact) mass is 256 g/mol. The van der Waals surface area contributed by atoms with Crippen LogP contribution in [-0.4, -0.2) is 21.5 Å². The molecule has 0 bridgehead atoms. The summed E-state index contributed by atoms with van der Waals surface area (Å²) in [5.74, 6) is 1.68. The first-order valence-electron chi connectivity index (χ1n) is 6.77. The highest BCUT2D eigenvalue weighted by molar-refractivity contribution is 5.60. The number of anilines is 1. The van der Waals surface area contributed by atoms with Crippen LogP contribution >= 0.6 is 0 Å². The second kappa shape index (κ2) is 6.27. The third-order valence-electron chi connectivity index (χ3n) is 2.96. The van der Waals surface area contributed by atoms with E-state index in [1.54, 1.807) is 6.20 Å². The van der Waals surface area contributed by atoms with Crippen molar-refractivity contribution >= 4 is 5.82 Å². The second-order valence-corrected chi connectivity index (χ2v) is 4.54. The van der Waals surface area contributed by atoms with Gasteiger partial charge in [0.1, 0.15) is 5.82 Å². The van der Waals surface area contributed by atoms with Crippen LogP contribution in [0.25, 0.3) is 11.4 Å². The van der Waals surface area contributed by atoms with Gasteiger partial charge in [0.2, 0.25) is 0 Å². The van der Waals surface area contributed by atoms with E-state index in [0.29, 0.717) is 0 Å². The van der Waals surface area contributed by atoms with Crippen molar-refractivity contribution in [2.24, 2.45) is 0 Å². The molecule has 0 amide bonds. The Bertz CT molecular complexity index is 552. The number of hydrogen-bond donors (Lipinski definition) is 1. The largest absolute Gasteiger partial charge is 0.370 e. The molecule has 0 fully saturated rings. The molecule has 100 valence electrons. The van der Waals surface area contributed by atoms with Gasteiger partial charge in [-0.2, -0.15) is 0 Å². The van der Waals surface area contributed by atoms with Crippen molar-refractivity contribution in [3.05, 3.63) is 35.8 Å². The van der Waals surface area contributed by atoms with Crippen LogP contribution in [0, 0.1) is 6.92 Å². The van der Waals surface area contributed by atoms with Gasteiger partial charge in [-0.3, -0.25) is 4.98 Å². The highest BCUT2D eigenvalue weighted by atomic mass is 15.0. The zero-order valence-corrected chi connectivity index (χ0v) is 11.8. The average molecular weight is 256 g/mol. The van der Waals surface area contributed by atoms with Crippen LogP contribution in [0.2, 0.25) is 0 Å². The van der Waals surface area contributed by atoms with Crippen molar-refractivity contribution in [2.45, 2.75) is 33.6 Å². The van der Waals surface area contributed by atoms with Gasteiger partial charge in [-0.05, 0) is 31.4 Å². The topological polar surface area (TPSA) is 50.7 Å². The van der Waals surface area contributed by atoms with Crippen LogP contribution < -0.4 is 5.32 Å². The van der Waals surface area contributed by atoms with E-state index >= 15 is 0 Å². The molecule has 0 spiro atoms. The second-order valence-electron chi connectivity index (χ2n) is 4.54. The molecule has 4 nitrogen and oxygen atoms in total. The van der Waals surface area contributed by atoms with Gasteiger partial charge in [-0.15, -0.1) is 0 Å². The Morgan fingerprint density at radius 2 is 2.05 bits per heavy atom. The molecule has 2 rings (SSSR count). The molecular weight excluding hydrogens is 236 g/mol. The zero-order valence-electron chi connectivity index (χ0n) is 11.8. The number of nitrogens with zero attached hydrogens (tertiary/aromatic N) is 3. The number of rotatable bonds is 5. The van der Waals surface area contributed by atoms with Gasteiger partial charge in [0.15, 0.2) is 5.82 Å². The molecule has 0 unspecified atom stereocenters. The minimum atomic E-state index is 0.776. The molecule has 2 heterocycles. The summed E-state index contributed by atoms with van der Waals surface area (Å²) in [5, 5.41) is 3.33. The third-order valence-corrected chi connectivity index (χ3v) is 2.96. The van der Waals surface area contributed by atoms with E-state index in [9.17, 15) is 0 Å². The summed E-state index contributed by atoms with van der Waals surface area (Å²) >= 11 is 0. The first-order valence-corrected chi connectivity index (χ1v) is 6.77. The molecule has 0 aliphatic carbocycles. The van der Waals surface area contributed by atoms with Gasteiger partial charge in [0.05, 0.1) is 0 Å². The molecule has 1 N–H and O–H groups in total. The van der Waals surface area contributed by atoms with Crippen molar-refractivity contribution in [1.29, 1.82) is 0 Å². The number of nitrogens with one attached hydrogen (secondary N) is 1. The van der Waals surface area contributed by atoms with E-state index in [1.807, 2.05) is 25.3 Å². The Kier molecular flexibility index (Phi) is 4.44. The van der Waals surface area contributed by atoms with Gasteiger partial charge in [-0.1, -0.05) is 13.8 Å². The summed E-state index contributed by atoms with van der Waals surface area (Å²) < 4.78 is 0. The van der Waals surface area contributed by atoms with E-state index in [0.717, 1.165) is 47.8 Å². The summed E-state index contributed by atoms with van der Waals surface area (Å²) in [5.41, 5.74) is 3.20. The van der Waals surface area contributed by atoms with Crippen LogP contribution in [0.15, 0.2) is 24.5 Å². The summed E-state index contributed by atoms with van der Waals surface area (Å²) in [6.07, 6.45) is 5.61. The maximum atomic E-state index is 4.61. The SMILES string of the molecule is CCCNc1cc(CC)nc(-c2ccncc2C)n1. The highest BCUT2D eigenvalue weighted by Gasteiger charge is 2.08. The molecule has 0 atom stereocenters. The lowest BCUT2D eigenvalue weighted by atomic mass is 10.1. The Balaban J connectivity index is 2.42. The normalized spacial score (nSPS) is 10.5. The van der Waals surface area contributed by atoms with Crippen molar-refractivity contribution in [1.82, 2.24) is 15.0 Å². The van der Waals surface area contributed by atoms with Crippen LogP contribution in [-0.2, 0) is 6.42 Å². The fourth-order valence-electron chi connectivity index (χ4n) is 1.87. The molecule has 19 heavy (non-hydrogen) atoms. The molecule has 0 aliphatic rings. The molecular formula is C15H20N4. The lowest BCUT2D eigenvalue weighted by Crippen LogP contribution is -2.05. The number of aromatic nitrogens is 3. The maximum Gasteiger partial charge on any atom is 0.162 e. The molecule has 0 aliphatic heterocycles. The molecule has 0 saturated carbocycles. The molecule has 0 saturated heterocycles. The lowest BCUT2D eigenvalue weighted by Gasteiger charge is -2.10. The van der Waals surface area contributed by atoms with E-state index in [-0.39, 0.29) is 0 Å². The van der Waals surface area contributed by atoms with Gasteiger partial charge in [-0.25, -0.2) is 9.97 Å². The van der Waals surface area contributed by atoms with Gasteiger partial charge in [0.25, 0.3) is 0 Å². The van der Waals surface area contributed by atoms with E-state index in [2.05, 4.69) is 34.1 Å². The summed E-state index contributed by atoms with van der Waals surface area (Å²) in [6, 6.07) is 3.99. The summed E-state index contributed by atoms with van der Waals surface area (Å²) in [7, 11) is 0. The number of aryl methyl sites for hydroxylation is 2. The van der Waals surface area contributed by atoms with Crippen molar-refractivity contribution in [3.8, 4) is 11.4 Å². The quantitative estimate of drug-likeness (QED) is 0.892. The number of hydrogen-bond acceptors (Lipinski definition) is 4. The molecule has 0 aromatic carbocycles. The summed E-state index contributed by atoms with van der Waals surface area (Å²) in [4.78, 5) is 13.3. The minimum absolute atomic E-state index is 0.776. The molecule has 4 heteroatoms. The van der Waals surface area contributed by atoms with Crippen LogP contribution in [0.4, 0.5) is 5.82 Å². The van der Waals surface area contributed by atoms with Crippen molar-refractivity contribution < 1.29 is 0 Å². The fraction of sp³-hybridized carbons (Fsp3) is 0.400. The van der Waals surface area contributed by atoms with E-state index in [4.69, 9.17) is 0 Å². The van der Waals surface area contributed by atoms with Gasteiger partial charge in [0, 0.05) is 36.3 Å². The van der Waals surface area contributed by atoms with E-state index in [1.165, 1.54) is 0 Å². The summed E-state index contributed by atoms with van der Waals surface area (Å²) in [6.45, 7) is 7.20. The third kappa shape index (κ3) is 3.28. The lowest BCUT2D eigenvalue weighted by molar-refractivity contribution is 0.950. The van der Waals surface area contributed by atoms with Crippen LogP contribution in [0.1, 0.15) is 31.5 Å². The predicted octanol–water partition coefficient (Wildman–Crippen LogP) is 3.23. The van der Waals surface area contributed by atoms with Crippen molar-refractivity contribution in [3.63, 3.8) is 0 Å². The molecule has 2 aromatic heterocycles. The fourth-order valence-corrected chi connectivity index (χ4v) is 1.87. The predicted molar refractivity (Wildman–Crippen MR) is 78.2 cm³/mol. The van der Waals surface area contributed by atoms with Crippen LogP contribution in [0.5, 0.6) is 0 Å². The standard InChI is InChI=1S/C15H20N4/c1-4-7-17-14-9-12(5-2)18-15(19-14)13-6-8-16-10-11(13)3/h6,8-10H,4-5,7H2,1-3H3,(H,17,18,19). The Labute approximate surface area is 114 Å². The first-order chi connectivity index (χ1) is 9.24.